The van der Waals surface area contributed by atoms with E-state index < -0.39 is 0 Å². The molecule has 1 unspecified atom stereocenters. The van der Waals surface area contributed by atoms with E-state index in [2.05, 4.69) is 46.4 Å². The summed E-state index contributed by atoms with van der Waals surface area (Å²) < 4.78 is 0. The first-order valence-electron chi connectivity index (χ1n) is 11.5. The number of piperazine rings is 1. The van der Waals surface area contributed by atoms with E-state index in [1.165, 1.54) is 28.7 Å². The van der Waals surface area contributed by atoms with E-state index in [9.17, 15) is 4.79 Å². The van der Waals surface area contributed by atoms with Gasteiger partial charge in [-0.3, -0.25) is 4.79 Å². The van der Waals surface area contributed by atoms with Gasteiger partial charge in [-0.15, -0.1) is 11.3 Å². The lowest BCUT2D eigenvalue weighted by molar-refractivity contribution is -0.133. The zero-order valence-electron chi connectivity index (χ0n) is 19.4. The monoisotopic (exact) mass is 428 g/mol. The van der Waals surface area contributed by atoms with Crippen LogP contribution in [0.3, 0.4) is 0 Å². The van der Waals surface area contributed by atoms with Gasteiger partial charge in [0.2, 0.25) is 5.91 Å². The Balaban J connectivity index is 1.63. The van der Waals surface area contributed by atoms with E-state index >= 15 is 0 Å². The number of anilines is 1. The van der Waals surface area contributed by atoms with E-state index in [0.29, 0.717) is 12.3 Å². The fourth-order valence-electron chi connectivity index (χ4n) is 4.56. The Kier molecular flexibility index (Phi) is 5.82. The van der Waals surface area contributed by atoms with Gasteiger partial charge in [0.25, 0.3) is 0 Å². The molecule has 164 valence electrons. The van der Waals surface area contributed by atoms with Crippen molar-refractivity contribution in [3.63, 3.8) is 0 Å². The third kappa shape index (κ3) is 4.34. The lowest BCUT2D eigenvalue weighted by Gasteiger charge is -2.37. The van der Waals surface area contributed by atoms with Crippen molar-refractivity contribution >= 4 is 33.3 Å². The van der Waals surface area contributed by atoms with Crippen molar-refractivity contribution in [1.29, 1.82) is 0 Å². The molecule has 1 atom stereocenters. The number of hydrogen-bond donors (Lipinski definition) is 0. The molecule has 2 aromatic heterocycles. The van der Waals surface area contributed by atoms with Crippen LogP contribution >= 0.6 is 11.3 Å². The fraction of sp³-hybridized carbons (Fsp3) is 0.708. The number of carbonyl (C=O) groups is 1. The smallest absolute Gasteiger partial charge is 0.223 e. The van der Waals surface area contributed by atoms with Gasteiger partial charge in [0.05, 0.1) is 5.39 Å². The number of aromatic nitrogens is 2. The zero-order valence-corrected chi connectivity index (χ0v) is 20.2. The minimum atomic E-state index is 0.0338. The summed E-state index contributed by atoms with van der Waals surface area (Å²) in [5.74, 6) is 3.39. The molecule has 0 aromatic carbocycles. The van der Waals surface area contributed by atoms with Gasteiger partial charge in [-0.25, -0.2) is 9.97 Å². The fourth-order valence-corrected chi connectivity index (χ4v) is 5.94. The molecule has 6 heteroatoms. The molecule has 2 aromatic rings. The molecule has 0 spiro atoms. The second-order valence-electron chi connectivity index (χ2n) is 10.7. The van der Waals surface area contributed by atoms with Crippen molar-refractivity contribution in [2.45, 2.75) is 73.1 Å². The average molecular weight is 429 g/mol. The lowest BCUT2D eigenvalue weighted by Crippen LogP contribution is -2.49. The maximum atomic E-state index is 12.7. The molecule has 0 saturated carbocycles. The van der Waals surface area contributed by atoms with Crippen molar-refractivity contribution in [2.24, 2.45) is 11.3 Å². The Morgan fingerprint density at radius 2 is 1.87 bits per heavy atom. The Labute approximate surface area is 184 Å². The molecule has 1 amide bonds. The van der Waals surface area contributed by atoms with E-state index in [4.69, 9.17) is 9.97 Å². The number of carbonyl (C=O) groups excluding carboxylic acids is 1. The minimum Gasteiger partial charge on any atom is -0.352 e. The largest absolute Gasteiger partial charge is 0.352 e. The van der Waals surface area contributed by atoms with Gasteiger partial charge in [0.1, 0.15) is 16.5 Å². The molecule has 3 heterocycles. The number of hydrogen-bond acceptors (Lipinski definition) is 5. The van der Waals surface area contributed by atoms with Gasteiger partial charge in [-0.2, -0.15) is 0 Å². The zero-order chi connectivity index (χ0) is 21.6. The normalized spacial score (nSPS) is 20.2. The number of thiophene rings is 1. The lowest BCUT2D eigenvalue weighted by atomic mass is 9.89. The summed E-state index contributed by atoms with van der Waals surface area (Å²) in [5, 5.41) is 1.29. The molecule has 5 nitrogen and oxygen atoms in total. The standard InChI is InChI=1S/C24H36N4OS/c1-15(2)21-25-22(20-17-8-7-16(3)13-18(17)30-23(20)26-21)28-11-9-27(10-12-28)19(29)14-24(4,5)6/h15-16H,7-14H2,1-6H3. The first-order valence-corrected chi connectivity index (χ1v) is 12.3. The summed E-state index contributed by atoms with van der Waals surface area (Å²) in [6.45, 7) is 16.3. The summed E-state index contributed by atoms with van der Waals surface area (Å²) >= 11 is 1.88. The highest BCUT2D eigenvalue weighted by atomic mass is 32.1. The molecule has 0 bridgehead atoms. The van der Waals surface area contributed by atoms with E-state index in [1.54, 1.807) is 0 Å². The molecule has 30 heavy (non-hydrogen) atoms. The van der Waals surface area contributed by atoms with Crippen LogP contribution in [-0.2, 0) is 17.6 Å². The predicted octanol–water partition coefficient (Wildman–Crippen LogP) is 5.02. The maximum Gasteiger partial charge on any atom is 0.223 e. The minimum absolute atomic E-state index is 0.0338. The first kappa shape index (κ1) is 21.5. The topological polar surface area (TPSA) is 49.3 Å². The summed E-state index contributed by atoms with van der Waals surface area (Å²) in [6.07, 6.45) is 4.16. The Morgan fingerprint density at radius 1 is 1.17 bits per heavy atom. The Morgan fingerprint density at radius 3 is 2.50 bits per heavy atom. The van der Waals surface area contributed by atoms with Crippen LogP contribution in [0.5, 0.6) is 0 Å². The van der Waals surface area contributed by atoms with Crippen LogP contribution in [0.2, 0.25) is 0 Å². The van der Waals surface area contributed by atoms with Crippen LogP contribution in [0.25, 0.3) is 10.2 Å². The molecule has 1 aliphatic heterocycles. The highest BCUT2D eigenvalue weighted by Crippen LogP contribution is 2.41. The molecule has 1 aliphatic carbocycles. The van der Waals surface area contributed by atoms with Crippen LogP contribution in [0.4, 0.5) is 5.82 Å². The first-order chi connectivity index (χ1) is 14.1. The van der Waals surface area contributed by atoms with Crippen molar-refractivity contribution in [3.05, 3.63) is 16.3 Å². The predicted molar refractivity (Wildman–Crippen MR) is 126 cm³/mol. The molecular formula is C24H36N4OS. The van der Waals surface area contributed by atoms with Crippen molar-refractivity contribution in [3.8, 4) is 0 Å². The number of aryl methyl sites for hydroxylation is 1. The molecule has 4 rings (SSSR count). The molecule has 0 radical (unpaired) electrons. The van der Waals surface area contributed by atoms with Crippen molar-refractivity contribution < 1.29 is 4.79 Å². The average Bonchev–Trinajstić information content (AvgIpc) is 3.03. The van der Waals surface area contributed by atoms with E-state index in [-0.39, 0.29) is 11.3 Å². The van der Waals surface area contributed by atoms with Crippen LogP contribution in [0.15, 0.2) is 0 Å². The van der Waals surface area contributed by atoms with Crippen LogP contribution < -0.4 is 4.90 Å². The van der Waals surface area contributed by atoms with E-state index in [0.717, 1.165) is 55.0 Å². The van der Waals surface area contributed by atoms with Crippen LogP contribution in [-0.4, -0.2) is 47.0 Å². The Bertz CT molecular complexity index is 935. The number of rotatable bonds is 3. The molecule has 0 N–H and O–H groups in total. The third-order valence-electron chi connectivity index (χ3n) is 6.28. The second kappa shape index (κ2) is 8.10. The van der Waals surface area contributed by atoms with Gasteiger partial charge in [0, 0.05) is 43.4 Å². The summed E-state index contributed by atoms with van der Waals surface area (Å²) in [5.41, 5.74) is 1.52. The SMILES string of the molecule is CC1CCc2c(sc3nc(C(C)C)nc(N4CCN(C(=O)CC(C)(C)C)CC4)c23)C1. The number of amides is 1. The van der Waals surface area contributed by atoms with Crippen molar-refractivity contribution in [1.82, 2.24) is 14.9 Å². The highest BCUT2D eigenvalue weighted by molar-refractivity contribution is 7.19. The maximum absolute atomic E-state index is 12.7. The molecule has 1 saturated heterocycles. The van der Waals surface area contributed by atoms with E-state index in [1.807, 2.05) is 16.2 Å². The summed E-state index contributed by atoms with van der Waals surface area (Å²) in [4.78, 5) is 29.8. The number of nitrogens with zero attached hydrogens (tertiary/aromatic N) is 4. The van der Waals surface area contributed by atoms with Crippen LogP contribution in [0, 0.1) is 11.3 Å². The van der Waals surface area contributed by atoms with Gasteiger partial charge < -0.3 is 9.80 Å². The third-order valence-corrected chi connectivity index (χ3v) is 7.43. The van der Waals surface area contributed by atoms with Crippen LogP contribution in [0.1, 0.15) is 76.6 Å². The summed E-state index contributed by atoms with van der Waals surface area (Å²) in [6, 6.07) is 0. The van der Waals surface area contributed by atoms with Crippen molar-refractivity contribution in [2.75, 3.05) is 31.1 Å². The quantitative estimate of drug-likeness (QED) is 0.688. The molecule has 2 aliphatic rings. The summed E-state index contributed by atoms with van der Waals surface area (Å²) in [7, 11) is 0. The van der Waals surface area contributed by atoms with Gasteiger partial charge in [-0.1, -0.05) is 41.5 Å². The number of fused-ring (bicyclic) bond motifs is 3. The van der Waals surface area contributed by atoms with Gasteiger partial charge in [0.15, 0.2) is 0 Å². The molecular weight excluding hydrogens is 392 g/mol. The second-order valence-corrected chi connectivity index (χ2v) is 11.8. The highest BCUT2D eigenvalue weighted by Gasteiger charge is 2.29. The molecule has 1 fully saturated rings. The Hall–Kier alpha value is -1.69. The van der Waals surface area contributed by atoms with Gasteiger partial charge in [-0.05, 0) is 36.2 Å². The van der Waals surface area contributed by atoms with Gasteiger partial charge >= 0.3 is 0 Å².